The predicted octanol–water partition coefficient (Wildman–Crippen LogP) is 2.96. The van der Waals surface area contributed by atoms with E-state index in [1.165, 1.54) is 19.3 Å². The van der Waals surface area contributed by atoms with Gasteiger partial charge in [0.25, 0.3) is 5.91 Å². The van der Waals surface area contributed by atoms with E-state index in [4.69, 9.17) is 0 Å². The molecule has 3 aromatic rings. The second-order valence-electron chi connectivity index (χ2n) is 6.78. The normalized spacial score (nSPS) is 14.6. The van der Waals surface area contributed by atoms with Crippen LogP contribution in [0.4, 0.5) is 5.82 Å². The molecule has 1 amide bonds. The van der Waals surface area contributed by atoms with Crippen LogP contribution in [0.2, 0.25) is 0 Å². The molecule has 1 fully saturated rings. The van der Waals surface area contributed by atoms with Crippen molar-refractivity contribution >= 4 is 17.2 Å². The van der Waals surface area contributed by atoms with E-state index in [-0.39, 0.29) is 5.91 Å². The first-order valence-electron chi connectivity index (χ1n) is 9.13. The van der Waals surface area contributed by atoms with Crippen LogP contribution in [0.15, 0.2) is 42.7 Å². The molecule has 0 radical (unpaired) electrons. The van der Waals surface area contributed by atoms with Gasteiger partial charge < -0.3 is 14.6 Å². The molecule has 0 atom stereocenters. The summed E-state index contributed by atoms with van der Waals surface area (Å²) in [6.45, 7) is 4.38. The number of carbonyl (C=O) groups excluding carboxylic acids is 1. The Kier molecular flexibility index (Phi) is 4.56. The van der Waals surface area contributed by atoms with Gasteiger partial charge in [0.2, 0.25) is 0 Å². The van der Waals surface area contributed by atoms with Gasteiger partial charge in [-0.2, -0.15) is 0 Å². The number of carbonyl (C=O) groups is 1. The summed E-state index contributed by atoms with van der Waals surface area (Å²) in [5.41, 5.74) is 2.57. The molecule has 1 N–H and O–H groups in total. The van der Waals surface area contributed by atoms with Crippen molar-refractivity contribution < 1.29 is 4.79 Å². The molecule has 0 spiro atoms. The van der Waals surface area contributed by atoms with E-state index in [0.717, 1.165) is 30.1 Å². The van der Waals surface area contributed by atoms with E-state index in [2.05, 4.69) is 20.2 Å². The first-order chi connectivity index (χ1) is 12.7. The molecule has 1 aliphatic rings. The summed E-state index contributed by atoms with van der Waals surface area (Å²) in [4.78, 5) is 23.9. The third kappa shape index (κ3) is 3.54. The fourth-order valence-corrected chi connectivity index (χ4v) is 3.42. The lowest BCUT2D eigenvalue weighted by atomic mass is 10.1. The summed E-state index contributed by atoms with van der Waals surface area (Å²) in [5.74, 6) is 1.51. The van der Waals surface area contributed by atoms with Gasteiger partial charge in [0.05, 0.1) is 12.1 Å². The SMILES string of the molecule is Cc1cc(N2CCCCC2)nc(CNC(=O)c2cc3ccccn3c2)n1. The van der Waals surface area contributed by atoms with E-state index in [1.807, 2.05) is 54.0 Å². The highest BCUT2D eigenvalue weighted by Gasteiger charge is 2.15. The topological polar surface area (TPSA) is 62.5 Å². The van der Waals surface area contributed by atoms with Gasteiger partial charge in [0.15, 0.2) is 0 Å². The van der Waals surface area contributed by atoms with Crippen molar-refractivity contribution in [2.45, 2.75) is 32.7 Å². The zero-order valence-corrected chi connectivity index (χ0v) is 15.0. The summed E-state index contributed by atoms with van der Waals surface area (Å²) in [6, 6.07) is 9.78. The molecule has 4 rings (SSSR count). The summed E-state index contributed by atoms with van der Waals surface area (Å²) >= 11 is 0. The lowest BCUT2D eigenvalue weighted by molar-refractivity contribution is 0.0950. The van der Waals surface area contributed by atoms with E-state index < -0.39 is 0 Å². The predicted molar refractivity (Wildman–Crippen MR) is 101 cm³/mol. The maximum Gasteiger partial charge on any atom is 0.253 e. The van der Waals surface area contributed by atoms with Crippen LogP contribution in [0.25, 0.3) is 5.52 Å². The number of aryl methyl sites for hydroxylation is 1. The van der Waals surface area contributed by atoms with Gasteiger partial charge in [0.1, 0.15) is 11.6 Å². The average Bonchev–Trinajstić information content (AvgIpc) is 3.11. The maximum atomic E-state index is 12.5. The van der Waals surface area contributed by atoms with Crippen LogP contribution in [0, 0.1) is 6.92 Å². The fourth-order valence-electron chi connectivity index (χ4n) is 3.42. The van der Waals surface area contributed by atoms with Gasteiger partial charge in [-0.3, -0.25) is 4.79 Å². The van der Waals surface area contributed by atoms with Crippen LogP contribution < -0.4 is 10.2 Å². The molecule has 1 saturated heterocycles. The van der Waals surface area contributed by atoms with Crippen molar-refractivity contribution in [3.8, 4) is 0 Å². The van der Waals surface area contributed by atoms with Crippen molar-refractivity contribution in [3.05, 3.63) is 59.8 Å². The molecule has 26 heavy (non-hydrogen) atoms. The number of nitrogens with one attached hydrogen (secondary N) is 1. The molecule has 6 heteroatoms. The third-order valence-electron chi connectivity index (χ3n) is 4.74. The van der Waals surface area contributed by atoms with Crippen LogP contribution in [-0.4, -0.2) is 33.4 Å². The average molecular weight is 349 g/mol. The number of anilines is 1. The van der Waals surface area contributed by atoms with Gasteiger partial charge in [-0.05, 0) is 44.4 Å². The summed E-state index contributed by atoms with van der Waals surface area (Å²) in [6.07, 6.45) is 7.46. The van der Waals surface area contributed by atoms with E-state index >= 15 is 0 Å². The first kappa shape index (κ1) is 16.6. The quantitative estimate of drug-likeness (QED) is 0.787. The maximum absolute atomic E-state index is 12.5. The standard InChI is InChI=1S/C20H23N5O/c1-15-11-19(24-8-4-2-5-9-24)23-18(22-15)13-21-20(26)16-12-17-7-3-6-10-25(17)14-16/h3,6-7,10-12,14H,2,4-5,8-9,13H2,1H3,(H,21,26). The number of hydrogen-bond acceptors (Lipinski definition) is 4. The van der Waals surface area contributed by atoms with Crippen molar-refractivity contribution in [2.24, 2.45) is 0 Å². The van der Waals surface area contributed by atoms with Crippen LogP contribution in [0.3, 0.4) is 0 Å². The van der Waals surface area contributed by atoms with Crippen LogP contribution in [-0.2, 0) is 6.54 Å². The molecule has 3 aromatic heterocycles. The Labute approximate surface area is 152 Å². The third-order valence-corrected chi connectivity index (χ3v) is 4.74. The Morgan fingerprint density at radius 3 is 2.81 bits per heavy atom. The number of pyridine rings is 1. The van der Waals surface area contributed by atoms with Crippen molar-refractivity contribution in [3.63, 3.8) is 0 Å². The highest BCUT2D eigenvalue weighted by atomic mass is 16.1. The van der Waals surface area contributed by atoms with Crippen LogP contribution in [0.5, 0.6) is 0 Å². The second kappa shape index (κ2) is 7.15. The number of fused-ring (bicyclic) bond motifs is 1. The molecule has 4 heterocycles. The molecule has 0 bridgehead atoms. The highest BCUT2D eigenvalue weighted by molar-refractivity contribution is 5.95. The molecule has 0 saturated carbocycles. The minimum atomic E-state index is -0.113. The Morgan fingerprint density at radius 2 is 2.00 bits per heavy atom. The molecule has 6 nitrogen and oxygen atoms in total. The van der Waals surface area contributed by atoms with E-state index in [9.17, 15) is 4.79 Å². The van der Waals surface area contributed by atoms with Gasteiger partial charge in [-0.1, -0.05) is 6.07 Å². The summed E-state index contributed by atoms with van der Waals surface area (Å²) < 4.78 is 1.94. The Balaban J connectivity index is 1.46. The van der Waals surface area contributed by atoms with E-state index in [1.54, 1.807) is 0 Å². The van der Waals surface area contributed by atoms with Crippen molar-refractivity contribution in [1.82, 2.24) is 19.7 Å². The van der Waals surface area contributed by atoms with Gasteiger partial charge in [-0.15, -0.1) is 0 Å². The largest absolute Gasteiger partial charge is 0.357 e. The Morgan fingerprint density at radius 1 is 1.15 bits per heavy atom. The minimum absolute atomic E-state index is 0.113. The smallest absolute Gasteiger partial charge is 0.253 e. The second-order valence-corrected chi connectivity index (χ2v) is 6.78. The number of aromatic nitrogens is 3. The number of amides is 1. The fraction of sp³-hybridized carbons (Fsp3) is 0.350. The highest BCUT2D eigenvalue weighted by Crippen LogP contribution is 2.18. The molecular formula is C20H23N5O. The lowest BCUT2D eigenvalue weighted by Crippen LogP contribution is -2.31. The molecule has 1 aliphatic heterocycles. The van der Waals surface area contributed by atoms with Gasteiger partial charge >= 0.3 is 0 Å². The number of piperidine rings is 1. The van der Waals surface area contributed by atoms with Gasteiger partial charge in [-0.25, -0.2) is 9.97 Å². The zero-order valence-electron chi connectivity index (χ0n) is 15.0. The monoisotopic (exact) mass is 349 g/mol. The first-order valence-corrected chi connectivity index (χ1v) is 9.13. The lowest BCUT2D eigenvalue weighted by Gasteiger charge is -2.28. The van der Waals surface area contributed by atoms with Crippen LogP contribution >= 0.6 is 0 Å². The Hall–Kier alpha value is -2.89. The van der Waals surface area contributed by atoms with Crippen molar-refractivity contribution in [2.75, 3.05) is 18.0 Å². The Bertz CT molecular complexity index is 894. The van der Waals surface area contributed by atoms with E-state index in [0.29, 0.717) is 17.9 Å². The zero-order chi connectivity index (χ0) is 17.9. The summed E-state index contributed by atoms with van der Waals surface area (Å²) in [5, 5.41) is 2.94. The molecule has 134 valence electrons. The van der Waals surface area contributed by atoms with Gasteiger partial charge in [0, 0.05) is 42.8 Å². The molecule has 0 aliphatic carbocycles. The summed E-state index contributed by atoms with van der Waals surface area (Å²) in [7, 11) is 0. The van der Waals surface area contributed by atoms with Crippen LogP contribution in [0.1, 0.15) is 41.1 Å². The molecule has 0 aromatic carbocycles. The molecule has 0 unspecified atom stereocenters. The number of rotatable bonds is 4. The number of hydrogen-bond donors (Lipinski definition) is 1. The minimum Gasteiger partial charge on any atom is -0.357 e. The number of nitrogens with zero attached hydrogens (tertiary/aromatic N) is 4. The molecular weight excluding hydrogens is 326 g/mol. The van der Waals surface area contributed by atoms with Crippen molar-refractivity contribution in [1.29, 1.82) is 0 Å².